The molecule has 12 nitrogen and oxygen atoms in total. The van der Waals surface area contributed by atoms with E-state index in [0.717, 1.165) is 41.7 Å². The molecule has 0 radical (unpaired) electrons. The largest absolute Gasteiger partial charge is 0.491 e. The second kappa shape index (κ2) is 16.9. The molecule has 4 aromatic rings. The Kier molecular flexibility index (Phi) is 11.3. The Bertz CT molecular complexity index is 2320. The number of hydrogen-bond donors (Lipinski definition) is 2. The number of cyclic esters (lactones) is 1. The van der Waals surface area contributed by atoms with Gasteiger partial charge in [-0.15, -0.1) is 0 Å². The summed E-state index contributed by atoms with van der Waals surface area (Å²) in [7, 11) is 1.47. The fourth-order valence-electron chi connectivity index (χ4n) is 9.29. The third kappa shape index (κ3) is 7.05. The van der Waals surface area contributed by atoms with Crippen LogP contribution in [-0.2, 0) is 34.0 Å². The van der Waals surface area contributed by atoms with Crippen molar-refractivity contribution in [2.45, 2.75) is 55.3 Å². The number of rotatable bonds is 10. The van der Waals surface area contributed by atoms with Crippen LogP contribution in [0, 0.1) is 17.8 Å². The smallest absolute Gasteiger partial charge is 0.421 e. The lowest BCUT2D eigenvalue weighted by atomic mass is 9.65. The molecule has 0 aromatic heterocycles. The Hall–Kier alpha value is -6.26. The fourth-order valence-corrected chi connectivity index (χ4v) is 9.29. The molecular formula is C47H45N3O9. The van der Waals surface area contributed by atoms with E-state index in [2.05, 4.69) is 17.9 Å². The van der Waals surface area contributed by atoms with Crippen LogP contribution in [0.5, 0.6) is 5.75 Å². The Morgan fingerprint density at radius 1 is 0.864 bits per heavy atom. The Labute approximate surface area is 342 Å². The summed E-state index contributed by atoms with van der Waals surface area (Å²) >= 11 is 0. The molecule has 59 heavy (non-hydrogen) atoms. The highest BCUT2D eigenvalue weighted by Gasteiger charge is 2.75. The van der Waals surface area contributed by atoms with E-state index in [9.17, 15) is 19.5 Å². The first kappa shape index (κ1) is 39.6. The molecule has 6 atom stereocenters. The average molecular weight is 796 g/mol. The van der Waals surface area contributed by atoms with Crippen molar-refractivity contribution in [3.63, 3.8) is 0 Å². The van der Waals surface area contributed by atoms with E-state index in [1.54, 1.807) is 42.5 Å². The van der Waals surface area contributed by atoms with Crippen LogP contribution >= 0.6 is 0 Å². The van der Waals surface area contributed by atoms with Gasteiger partial charge < -0.3 is 29.8 Å². The normalized spacial score (nSPS) is 24.7. The third-order valence-electron chi connectivity index (χ3n) is 11.7. The van der Waals surface area contributed by atoms with Crippen molar-refractivity contribution in [2.24, 2.45) is 11.7 Å². The van der Waals surface area contributed by atoms with Gasteiger partial charge in [-0.05, 0) is 83.8 Å². The number of fused-ring (bicyclic) bond motifs is 3. The molecule has 12 heteroatoms. The number of carbonyl (C=O) groups is 4. The van der Waals surface area contributed by atoms with E-state index in [0.29, 0.717) is 28.0 Å². The molecule has 2 fully saturated rings. The average Bonchev–Trinajstić information content (AvgIpc) is 3.72. The minimum atomic E-state index is -1.99. The first-order valence-electron chi connectivity index (χ1n) is 19.9. The van der Waals surface area contributed by atoms with Gasteiger partial charge in [0.05, 0.1) is 36.9 Å². The number of nitrogens with zero attached hydrogens (tertiary/aromatic N) is 2. The maximum Gasteiger partial charge on any atom is 0.421 e. The van der Waals surface area contributed by atoms with Gasteiger partial charge in [0.2, 0.25) is 11.8 Å². The number of aliphatic hydroxyl groups is 1. The third-order valence-corrected chi connectivity index (χ3v) is 11.7. The fraction of sp³-hybridized carbons (Fsp3) is 0.319. The topological polar surface area (TPSA) is 158 Å². The molecule has 3 N–H and O–H groups in total. The van der Waals surface area contributed by atoms with Gasteiger partial charge >= 0.3 is 12.1 Å². The Morgan fingerprint density at radius 2 is 1.59 bits per heavy atom. The number of esters is 1. The molecule has 0 saturated carbocycles. The molecule has 3 heterocycles. The molecule has 4 aliphatic rings. The van der Waals surface area contributed by atoms with Crippen LogP contribution in [0.3, 0.4) is 0 Å². The van der Waals surface area contributed by atoms with Crippen molar-refractivity contribution in [2.75, 3.05) is 38.4 Å². The molecular weight excluding hydrogens is 751 g/mol. The van der Waals surface area contributed by atoms with Crippen LogP contribution in [0.25, 0.3) is 0 Å². The highest BCUT2D eigenvalue weighted by Crippen LogP contribution is 2.65. The van der Waals surface area contributed by atoms with Crippen LogP contribution in [0.4, 0.5) is 10.5 Å². The number of allylic oxidation sites excluding steroid dienone is 2. The van der Waals surface area contributed by atoms with Gasteiger partial charge in [-0.2, -0.15) is 0 Å². The predicted octanol–water partition coefficient (Wildman–Crippen LogP) is 5.84. The summed E-state index contributed by atoms with van der Waals surface area (Å²) in [5, 5.41) is 9.46. The van der Waals surface area contributed by atoms with Crippen LogP contribution in [0.1, 0.15) is 71.7 Å². The first-order chi connectivity index (χ1) is 28.8. The second-order valence-electron chi connectivity index (χ2n) is 15.0. The van der Waals surface area contributed by atoms with Gasteiger partial charge in [-0.3, -0.25) is 19.3 Å². The number of methoxy groups -OCH3 is 1. The summed E-state index contributed by atoms with van der Waals surface area (Å²) in [4.78, 5) is 62.0. The summed E-state index contributed by atoms with van der Waals surface area (Å²) < 4.78 is 22.8. The molecule has 1 spiro atoms. The second-order valence-corrected chi connectivity index (χ2v) is 15.0. The van der Waals surface area contributed by atoms with Crippen molar-refractivity contribution in [1.82, 2.24) is 4.90 Å². The number of nitrogens with two attached hydrogens (primary N) is 1. The zero-order valence-corrected chi connectivity index (χ0v) is 32.6. The molecule has 0 unspecified atom stereocenters. The number of ether oxygens (including phenoxy) is 4. The van der Waals surface area contributed by atoms with Crippen molar-refractivity contribution >= 4 is 29.6 Å². The molecule has 0 bridgehead atoms. The number of primary amides is 1. The first-order valence-corrected chi connectivity index (χ1v) is 19.9. The predicted molar refractivity (Wildman–Crippen MR) is 217 cm³/mol. The number of carbonyl (C=O) groups excluding carboxylic acids is 4. The number of morpholine rings is 1. The van der Waals surface area contributed by atoms with Gasteiger partial charge in [-0.25, -0.2) is 9.69 Å². The summed E-state index contributed by atoms with van der Waals surface area (Å²) in [5.41, 5.74) is 8.50. The molecule has 8 rings (SSSR count). The SMILES string of the molecule is COCCOC(=O)N1C(=O)[C@@]2(c3cc(C#CC4=CCCCC4)ccc31)[C@H](c1ccc(OCCO)cc1)N1[C@H](c3ccccc3)[C@H](c3ccccc3)OC(=O)[C@H]1[C@@H]2C(N)=O. The summed E-state index contributed by atoms with van der Waals surface area (Å²) in [5.74, 6) is 3.03. The van der Waals surface area contributed by atoms with Crippen LogP contribution < -0.4 is 15.4 Å². The molecule has 302 valence electrons. The molecule has 4 aromatic carbocycles. The minimum absolute atomic E-state index is 0.0536. The lowest BCUT2D eigenvalue weighted by Crippen LogP contribution is -2.55. The minimum Gasteiger partial charge on any atom is -0.491 e. The summed E-state index contributed by atoms with van der Waals surface area (Å²) in [6.45, 7) is -0.212. The highest BCUT2D eigenvalue weighted by atomic mass is 16.6. The number of amides is 3. The number of imide groups is 1. The van der Waals surface area contributed by atoms with Gasteiger partial charge in [0.15, 0.2) is 0 Å². The van der Waals surface area contributed by atoms with Crippen LogP contribution in [0.15, 0.2) is 115 Å². The van der Waals surface area contributed by atoms with Crippen LogP contribution in [0.2, 0.25) is 0 Å². The quantitative estimate of drug-likeness (QED) is 0.114. The van der Waals surface area contributed by atoms with E-state index < -0.39 is 59.4 Å². The van der Waals surface area contributed by atoms with Crippen LogP contribution in [-0.4, -0.2) is 73.5 Å². The Morgan fingerprint density at radius 3 is 2.25 bits per heavy atom. The van der Waals surface area contributed by atoms with Crippen molar-refractivity contribution < 1.29 is 43.2 Å². The standard InChI is InChI=1S/C47H45N3O9/c1-56-27-28-58-46(55)49-37-24-19-31(18-17-30-11-5-2-6-12-30)29-36(37)47(45(49)54)38(43(48)52)40-44(53)59-41(33-15-9-4-10-16-33)39(32-13-7-3-8-14-32)50(40)42(47)34-20-22-35(23-21-34)57-26-25-51/h3-4,7-11,13-16,19-24,29,38-42,51H,2,5-6,12,25-28H2,1H3,(H2,48,52)/t38-,39-,40-,41+,42+,47-/m1/s1. The molecule has 2 saturated heterocycles. The lowest BCUT2D eigenvalue weighted by molar-refractivity contribution is -0.178. The zero-order valence-electron chi connectivity index (χ0n) is 32.6. The highest BCUT2D eigenvalue weighted by molar-refractivity contribution is 6.23. The van der Waals surface area contributed by atoms with E-state index in [1.165, 1.54) is 7.11 Å². The monoisotopic (exact) mass is 795 g/mol. The van der Waals surface area contributed by atoms with E-state index in [-0.39, 0.29) is 32.1 Å². The van der Waals surface area contributed by atoms with E-state index >= 15 is 4.79 Å². The lowest BCUT2D eigenvalue weighted by Gasteiger charge is -2.46. The molecule has 3 amide bonds. The Balaban J connectivity index is 1.41. The van der Waals surface area contributed by atoms with Crippen molar-refractivity contribution in [3.8, 4) is 17.6 Å². The van der Waals surface area contributed by atoms with E-state index in [4.69, 9.17) is 24.7 Å². The summed E-state index contributed by atoms with van der Waals surface area (Å²) in [6, 6.07) is 27.6. The van der Waals surface area contributed by atoms with Gasteiger partial charge in [0.25, 0.3) is 0 Å². The van der Waals surface area contributed by atoms with Crippen molar-refractivity contribution in [1.29, 1.82) is 0 Å². The van der Waals surface area contributed by atoms with Gasteiger partial charge in [0, 0.05) is 12.7 Å². The van der Waals surface area contributed by atoms with Crippen molar-refractivity contribution in [3.05, 3.63) is 143 Å². The number of aliphatic hydroxyl groups excluding tert-OH is 1. The summed E-state index contributed by atoms with van der Waals surface area (Å²) in [6.07, 6.45) is 4.21. The van der Waals surface area contributed by atoms with E-state index in [1.807, 2.05) is 65.6 Å². The maximum atomic E-state index is 15.8. The maximum absolute atomic E-state index is 15.8. The van der Waals surface area contributed by atoms with Gasteiger partial charge in [0.1, 0.15) is 36.5 Å². The van der Waals surface area contributed by atoms with Gasteiger partial charge in [-0.1, -0.05) is 90.7 Å². The molecule has 3 aliphatic heterocycles. The number of anilines is 1. The number of hydrogen-bond acceptors (Lipinski definition) is 10. The zero-order chi connectivity index (χ0) is 41.1. The number of benzene rings is 4. The molecule has 1 aliphatic carbocycles.